The van der Waals surface area contributed by atoms with E-state index >= 15 is 0 Å². The average Bonchev–Trinajstić information content (AvgIpc) is 3.45. The lowest BCUT2D eigenvalue weighted by Crippen LogP contribution is -2.19. The third kappa shape index (κ3) is 3.74. The van der Waals surface area contributed by atoms with E-state index < -0.39 is 0 Å². The van der Waals surface area contributed by atoms with Crippen LogP contribution in [0.1, 0.15) is 35.7 Å². The SMILES string of the molecule is C/C(=N/NC(=O)c1c[nH]c2ccccc12)c1cccc(NC(=O)C2CC2)c1. The number of rotatable bonds is 5. The molecule has 0 bridgehead atoms. The van der Waals surface area contributed by atoms with E-state index in [1.54, 1.807) is 6.20 Å². The van der Waals surface area contributed by atoms with Gasteiger partial charge in [0.25, 0.3) is 5.91 Å². The summed E-state index contributed by atoms with van der Waals surface area (Å²) in [6.07, 6.45) is 3.61. The summed E-state index contributed by atoms with van der Waals surface area (Å²) in [5.41, 5.74) is 6.29. The third-order valence-electron chi connectivity index (χ3n) is 4.66. The van der Waals surface area contributed by atoms with Crippen LogP contribution in [-0.4, -0.2) is 22.5 Å². The van der Waals surface area contributed by atoms with Crippen LogP contribution in [0.4, 0.5) is 5.69 Å². The number of carbonyl (C=O) groups is 2. The van der Waals surface area contributed by atoms with E-state index in [-0.39, 0.29) is 17.7 Å². The summed E-state index contributed by atoms with van der Waals surface area (Å²) in [5.74, 6) is -0.0572. The Bertz CT molecular complexity index is 1050. The summed E-state index contributed by atoms with van der Waals surface area (Å²) in [4.78, 5) is 27.4. The van der Waals surface area contributed by atoms with Crippen molar-refractivity contribution in [3.05, 3.63) is 65.9 Å². The van der Waals surface area contributed by atoms with Crippen molar-refractivity contribution in [3.63, 3.8) is 0 Å². The Morgan fingerprint density at radius 1 is 1.11 bits per heavy atom. The first kappa shape index (κ1) is 17.0. The molecule has 0 saturated heterocycles. The maximum atomic E-state index is 12.5. The minimum Gasteiger partial charge on any atom is -0.360 e. The molecule has 6 nitrogen and oxygen atoms in total. The van der Waals surface area contributed by atoms with Gasteiger partial charge in [0.05, 0.1) is 11.3 Å². The summed E-state index contributed by atoms with van der Waals surface area (Å²) in [6, 6.07) is 15.1. The van der Waals surface area contributed by atoms with Gasteiger partial charge in [-0.2, -0.15) is 5.10 Å². The van der Waals surface area contributed by atoms with Gasteiger partial charge >= 0.3 is 0 Å². The number of nitrogens with one attached hydrogen (secondary N) is 3. The van der Waals surface area contributed by atoms with Gasteiger partial charge in [0.1, 0.15) is 0 Å². The number of carbonyl (C=O) groups excluding carboxylic acids is 2. The number of fused-ring (bicyclic) bond motifs is 1. The van der Waals surface area contributed by atoms with Crippen molar-refractivity contribution in [2.75, 3.05) is 5.32 Å². The number of hydrogen-bond donors (Lipinski definition) is 3. The zero-order valence-electron chi connectivity index (χ0n) is 15.0. The van der Waals surface area contributed by atoms with Gasteiger partial charge in [-0.3, -0.25) is 9.59 Å². The number of aromatic nitrogens is 1. The van der Waals surface area contributed by atoms with Crippen molar-refractivity contribution >= 4 is 34.1 Å². The number of amides is 2. The highest BCUT2D eigenvalue weighted by atomic mass is 16.2. The quantitative estimate of drug-likeness (QED) is 0.479. The number of para-hydroxylation sites is 1. The minimum absolute atomic E-state index is 0.0642. The first-order valence-corrected chi connectivity index (χ1v) is 8.94. The molecule has 0 spiro atoms. The average molecular weight is 360 g/mol. The molecular formula is C21H20N4O2. The lowest BCUT2D eigenvalue weighted by Gasteiger charge is -2.07. The van der Waals surface area contributed by atoms with Gasteiger partial charge < -0.3 is 10.3 Å². The normalized spacial score (nSPS) is 14.2. The molecule has 2 aromatic carbocycles. The number of aromatic amines is 1. The third-order valence-corrected chi connectivity index (χ3v) is 4.66. The Labute approximate surface area is 156 Å². The van der Waals surface area contributed by atoms with Crippen molar-refractivity contribution < 1.29 is 9.59 Å². The highest BCUT2D eigenvalue weighted by molar-refractivity contribution is 6.07. The van der Waals surface area contributed by atoms with E-state index in [1.165, 1.54) is 0 Å². The topological polar surface area (TPSA) is 86.3 Å². The standard InChI is InChI=1S/C21H20N4O2/c1-13(15-5-4-6-16(11-15)23-20(26)14-9-10-14)24-25-21(27)18-12-22-19-8-3-2-7-17(18)19/h2-8,11-12,14,22H,9-10H2,1H3,(H,23,26)(H,25,27)/b24-13-. The number of hydrazone groups is 1. The van der Waals surface area contributed by atoms with E-state index in [4.69, 9.17) is 0 Å². The fraction of sp³-hybridized carbons (Fsp3) is 0.190. The fourth-order valence-electron chi connectivity index (χ4n) is 2.93. The zero-order valence-corrected chi connectivity index (χ0v) is 15.0. The van der Waals surface area contributed by atoms with Crippen molar-refractivity contribution in [1.29, 1.82) is 0 Å². The largest absolute Gasteiger partial charge is 0.360 e. The predicted octanol–water partition coefficient (Wildman–Crippen LogP) is 3.67. The van der Waals surface area contributed by atoms with E-state index in [9.17, 15) is 9.59 Å². The van der Waals surface area contributed by atoms with Gasteiger partial charge in [-0.15, -0.1) is 0 Å². The highest BCUT2D eigenvalue weighted by Gasteiger charge is 2.29. The maximum Gasteiger partial charge on any atom is 0.273 e. The van der Waals surface area contributed by atoms with E-state index in [0.717, 1.165) is 35.0 Å². The van der Waals surface area contributed by atoms with E-state index in [0.29, 0.717) is 11.3 Å². The van der Waals surface area contributed by atoms with E-state index in [2.05, 4.69) is 20.8 Å². The summed E-state index contributed by atoms with van der Waals surface area (Å²) >= 11 is 0. The Hall–Kier alpha value is -3.41. The van der Waals surface area contributed by atoms with Crippen LogP contribution in [0.2, 0.25) is 0 Å². The lowest BCUT2D eigenvalue weighted by atomic mass is 10.1. The molecule has 27 heavy (non-hydrogen) atoms. The van der Waals surface area contributed by atoms with Gasteiger partial charge in [-0.25, -0.2) is 5.43 Å². The summed E-state index contributed by atoms with van der Waals surface area (Å²) < 4.78 is 0. The molecule has 1 heterocycles. The van der Waals surface area contributed by atoms with Crippen molar-refractivity contribution in [2.24, 2.45) is 11.0 Å². The fourth-order valence-corrected chi connectivity index (χ4v) is 2.93. The molecule has 1 fully saturated rings. The van der Waals surface area contributed by atoms with Gasteiger partial charge in [0.15, 0.2) is 0 Å². The van der Waals surface area contributed by atoms with Gasteiger partial charge in [-0.05, 0) is 43.5 Å². The van der Waals surface area contributed by atoms with Crippen LogP contribution < -0.4 is 10.7 Å². The van der Waals surface area contributed by atoms with Crippen LogP contribution >= 0.6 is 0 Å². The molecule has 1 aliphatic carbocycles. The van der Waals surface area contributed by atoms with Gasteiger partial charge in [-0.1, -0.05) is 30.3 Å². The number of benzene rings is 2. The molecular weight excluding hydrogens is 340 g/mol. The molecule has 4 rings (SSSR count). The summed E-state index contributed by atoms with van der Waals surface area (Å²) in [6.45, 7) is 1.82. The molecule has 6 heteroatoms. The number of H-pyrrole nitrogens is 1. The second kappa shape index (κ2) is 7.07. The monoisotopic (exact) mass is 360 g/mol. The molecule has 1 aliphatic rings. The Morgan fingerprint density at radius 3 is 2.74 bits per heavy atom. The maximum absolute atomic E-state index is 12.5. The van der Waals surface area contributed by atoms with Crippen molar-refractivity contribution in [3.8, 4) is 0 Å². The number of anilines is 1. The molecule has 136 valence electrons. The van der Waals surface area contributed by atoms with Crippen molar-refractivity contribution in [1.82, 2.24) is 10.4 Å². The van der Waals surface area contributed by atoms with Gasteiger partial charge in [0, 0.05) is 28.7 Å². The predicted molar refractivity (Wildman–Crippen MR) is 106 cm³/mol. The molecule has 0 radical (unpaired) electrons. The molecule has 0 aliphatic heterocycles. The number of nitrogens with zero attached hydrogens (tertiary/aromatic N) is 1. The minimum atomic E-state index is -0.273. The van der Waals surface area contributed by atoms with Crippen LogP contribution in [0.25, 0.3) is 10.9 Å². The second-order valence-corrected chi connectivity index (χ2v) is 6.73. The molecule has 0 unspecified atom stereocenters. The molecule has 1 aromatic heterocycles. The summed E-state index contributed by atoms with van der Waals surface area (Å²) in [7, 11) is 0. The molecule has 2 amide bonds. The molecule has 3 N–H and O–H groups in total. The Kier molecular flexibility index (Phi) is 4.46. The lowest BCUT2D eigenvalue weighted by molar-refractivity contribution is -0.117. The Morgan fingerprint density at radius 2 is 1.93 bits per heavy atom. The highest BCUT2D eigenvalue weighted by Crippen LogP contribution is 2.30. The number of hydrogen-bond acceptors (Lipinski definition) is 3. The van der Waals surface area contributed by atoms with Crippen LogP contribution in [0.5, 0.6) is 0 Å². The Balaban J connectivity index is 1.47. The van der Waals surface area contributed by atoms with E-state index in [1.807, 2.05) is 55.5 Å². The van der Waals surface area contributed by atoms with Crippen LogP contribution in [0, 0.1) is 5.92 Å². The molecule has 0 atom stereocenters. The second-order valence-electron chi connectivity index (χ2n) is 6.73. The first-order chi connectivity index (χ1) is 13.1. The smallest absolute Gasteiger partial charge is 0.273 e. The van der Waals surface area contributed by atoms with Crippen LogP contribution in [0.3, 0.4) is 0 Å². The molecule has 3 aromatic rings. The zero-order chi connectivity index (χ0) is 18.8. The van der Waals surface area contributed by atoms with Crippen molar-refractivity contribution in [2.45, 2.75) is 19.8 Å². The first-order valence-electron chi connectivity index (χ1n) is 8.94. The summed E-state index contributed by atoms with van der Waals surface area (Å²) in [5, 5.41) is 7.99. The molecule has 1 saturated carbocycles. The van der Waals surface area contributed by atoms with Crippen LogP contribution in [-0.2, 0) is 4.79 Å². The van der Waals surface area contributed by atoms with Crippen LogP contribution in [0.15, 0.2) is 59.8 Å². The van der Waals surface area contributed by atoms with Gasteiger partial charge in [0.2, 0.25) is 5.91 Å².